The Morgan fingerprint density at radius 2 is 1.93 bits per heavy atom. The Bertz CT molecular complexity index is 977. The molecule has 2 heterocycles. The van der Waals surface area contributed by atoms with Crippen molar-refractivity contribution < 1.29 is 9.18 Å². The van der Waals surface area contributed by atoms with Crippen LogP contribution in [-0.4, -0.2) is 34.1 Å². The van der Waals surface area contributed by atoms with Gasteiger partial charge < -0.3 is 4.90 Å². The molecule has 2 aromatic carbocycles. The van der Waals surface area contributed by atoms with Crippen LogP contribution in [0.3, 0.4) is 0 Å². The minimum absolute atomic E-state index is 0.0195. The molecule has 0 bridgehead atoms. The van der Waals surface area contributed by atoms with Gasteiger partial charge in [0, 0.05) is 29.0 Å². The first-order valence-corrected chi connectivity index (χ1v) is 10.4. The summed E-state index contributed by atoms with van der Waals surface area (Å²) in [6, 6.07) is 14.1. The van der Waals surface area contributed by atoms with E-state index in [4.69, 9.17) is 0 Å². The zero-order chi connectivity index (χ0) is 18.8. The van der Waals surface area contributed by atoms with E-state index in [2.05, 4.69) is 26.1 Å². The minimum atomic E-state index is -0.297. The quantitative estimate of drug-likeness (QED) is 0.561. The van der Waals surface area contributed by atoms with Crippen LogP contribution in [0.5, 0.6) is 0 Å². The van der Waals surface area contributed by atoms with E-state index < -0.39 is 0 Å². The third-order valence-corrected chi connectivity index (χ3v) is 6.52. The molecule has 1 aliphatic rings. The maximum atomic E-state index is 14.0. The Morgan fingerprint density at radius 3 is 2.74 bits per heavy atom. The lowest BCUT2D eigenvalue weighted by Gasteiger charge is -2.31. The van der Waals surface area contributed by atoms with Gasteiger partial charge in [0.15, 0.2) is 5.01 Å². The molecule has 7 heteroatoms. The van der Waals surface area contributed by atoms with Crippen LogP contribution < -0.4 is 0 Å². The molecule has 1 atom stereocenters. The van der Waals surface area contributed by atoms with Crippen LogP contribution >= 0.6 is 27.3 Å². The fraction of sp³-hybridized carbons (Fsp3) is 0.250. The van der Waals surface area contributed by atoms with E-state index in [0.717, 1.165) is 28.9 Å². The number of piperidine rings is 1. The van der Waals surface area contributed by atoms with Crippen LogP contribution in [0, 0.1) is 5.82 Å². The second-order valence-electron chi connectivity index (χ2n) is 6.50. The molecule has 4 nitrogen and oxygen atoms in total. The summed E-state index contributed by atoms with van der Waals surface area (Å²) in [7, 11) is 0. The minimum Gasteiger partial charge on any atom is -0.338 e. The predicted molar refractivity (Wildman–Crippen MR) is 107 cm³/mol. The molecular weight excluding hydrogens is 429 g/mol. The van der Waals surface area contributed by atoms with Gasteiger partial charge in [-0.2, -0.15) is 0 Å². The van der Waals surface area contributed by atoms with E-state index in [1.165, 1.54) is 17.4 Å². The van der Waals surface area contributed by atoms with Crippen molar-refractivity contribution in [3.05, 3.63) is 69.4 Å². The Hall–Kier alpha value is -2.12. The summed E-state index contributed by atoms with van der Waals surface area (Å²) in [5, 5.41) is 9.92. The average Bonchev–Trinajstić information content (AvgIpc) is 3.18. The van der Waals surface area contributed by atoms with Crippen LogP contribution in [0.4, 0.5) is 4.39 Å². The lowest BCUT2D eigenvalue weighted by molar-refractivity contribution is 0.0706. The average molecular weight is 446 g/mol. The van der Waals surface area contributed by atoms with Crippen LogP contribution in [0.15, 0.2) is 53.0 Å². The fourth-order valence-electron chi connectivity index (χ4n) is 3.31. The van der Waals surface area contributed by atoms with Crippen molar-refractivity contribution >= 4 is 33.2 Å². The van der Waals surface area contributed by atoms with E-state index >= 15 is 0 Å². The number of halogens is 2. The van der Waals surface area contributed by atoms with Crippen molar-refractivity contribution in [3.63, 3.8) is 0 Å². The number of amides is 1. The van der Waals surface area contributed by atoms with Gasteiger partial charge in [0.2, 0.25) is 0 Å². The maximum absolute atomic E-state index is 14.0. The van der Waals surface area contributed by atoms with Crippen molar-refractivity contribution in [2.45, 2.75) is 18.8 Å². The Kier molecular flexibility index (Phi) is 5.31. The molecule has 27 heavy (non-hydrogen) atoms. The number of hydrogen-bond donors (Lipinski definition) is 0. The van der Waals surface area contributed by atoms with Gasteiger partial charge in [-0.3, -0.25) is 4.79 Å². The van der Waals surface area contributed by atoms with Gasteiger partial charge >= 0.3 is 0 Å². The third-order valence-electron chi connectivity index (χ3n) is 4.71. The summed E-state index contributed by atoms with van der Waals surface area (Å²) in [5.41, 5.74) is 1.14. The molecule has 4 rings (SSSR count). The highest BCUT2D eigenvalue weighted by atomic mass is 79.9. The Balaban J connectivity index is 1.53. The van der Waals surface area contributed by atoms with Crippen LogP contribution in [0.2, 0.25) is 0 Å². The number of rotatable bonds is 3. The highest BCUT2D eigenvalue weighted by Crippen LogP contribution is 2.34. The zero-order valence-corrected chi connectivity index (χ0v) is 16.8. The Labute approximate surface area is 169 Å². The van der Waals surface area contributed by atoms with Crippen molar-refractivity contribution in [2.75, 3.05) is 13.1 Å². The number of likely N-dealkylation sites (tertiary alicyclic amines) is 1. The first-order chi connectivity index (χ1) is 13.1. The second kappa shape index (κ2) is 7.86. The smallest absolute Gasteiger partial charge is 0.255 e. The molecule has 138 valence electrons. The summed E-state index contributed by atoms with van der Waals surface area (Å²) in [6.07, 6.45) is 1.86. The first kappa shape index (κ1) is 18.3. The topological polar surface area (TPSA) is 46.1 Å². The first-order valence-electron chi connectivity index (χ1n) is 8.75. The summed E-state index contributed by atoms with van der Waals surface area (Å²) < 4.78 is 14.8. The molecule has 3 aromatic rings. The van der Waals surface area contributed by atoms with Crippen molar-refractivity contribution in [3.8, 4) is 10.6 Å². The number of carbonyl (C=O) groups excluding carboxylic acids is 1. The molecule has 1 aromatic heterocycles. The molecule has 0 spiro atoms. The van der Waals surface area contributed by atoms with Crippen molar-refractivity contribution in [1.82, 2.24) is 15.1 Å². The van der Waals surface area contributed by atoms with Gasteiger partial charge in [0.25, 0.3) is 5.91 Å². The van der Waals surface area contributed by atoms with E-state index in [9.17, 15) is 9.18 Å². The van der Waals surface area contributed by atoms with E-state index in [1.54, 1.807) is 18.2 Å². The normalized spacial score (nSPS) is 17.1. The van der Waals surface area contributed by atoms with Crippen LogP contribution in [-0.2, 0) is 0 Å². The van der Waals surface area contributed by atoms with E-state index in [1.807, 2.05) is 29.2 Å². The molecule has 1 fully saturated rings. The lowest BCUT2D eigenvalue weighted by atomic mass is 9.98. The SMILES string of the molecule is O=C(c1ccccc1Br)N1CCC[C@H](c2nnc(-c3ccccc3F)s2)C1. The monoisotopic (exact) mass is 445 g/mol. The summed E-state index contributed by atoms with van der Waals surface area (Å²) in [4.78, 5) is 14.8. The number of hydrogen-bond acceptors (Lipinski definition) is 4. The molecule has 0 radical (unpaired) electrons. The number of nitrogens with zero attached hydrogens (tertiary/aromatic N) is 3. The molecule has 1 aliphatic heterocycles. The van der Waals surface area contributed by atoms with E-state index in [-0.39, 0.29) is 17.6 Å². The Morgan fingerprint density at radius 1 is 1.15 bits per heavy atom. The van der Waals surface area contributed by atoms with Gasteiger partial charge in [0.05, 0.1) is 5.56 Å². The standard InChI is InChI=1S/C20H17BrFN3OS/c21-16-9-3-1-7-14(16)20(26)25-11-5-6-13(12-25)18-23-24-19(27-18)15-8-2-4-10-17(15)22/h1-4,7-10,13H,5-6,11-12H2/t13-/m0/s1. The summed E-state index contributed by atoms with van der Waals surface area (Å²) in [6.45, 7) is 1.34. The van der Waals surface area contributed by atoms with Crippen LogP contribution in [0.25, 0.3) is 10.6 Å². The molecule has 1 saturated heterocycles. The highest BCUT2D eigenvalue weighted by molar-refractivity contribution is 9.10. The van der Waals surface area contributed by atoms with Gasteiger partial charge in [0.1, 0.15) is 10.8 Å². The van der Waals surface area contributed by atoms with Gasteiger partial charge in [-0.1, -0.05) is 35.6 Å². The van der Waals surface area contributed by atoms with Gasteiger partial charge in [-0.25, -0.2) is 4.39 Å². The highest BCUT2D eigenvalue weighted by Gasteiger charge is 2.28. The largest absolute Gasteiger partial charge is 0.338 e. The number of carbonyl (C=O) groups is 1. The molecule has 1 amide bonds. The molecule has 0 N–H and O–H groups in total. The summed E-state index contributed by atoms with van der Waals surface area (Å²) in [5.74, 6) is -0.149. The van der Waals surface area contributed by atoms with E-state index in [0.29, 0.717) is 22.7 Å². The fourth-order valence-corrected chi connectivity index (χ4v) is 4.76. The molecule has 0 unspecified atom stereocenters. The molecule has 0 saturated carbocycles. The second-order valence-corrected chi connectivity index (χ2v) is 8.36. The number of aromatic nitrogens is 2. The molecule has 0 aliphatic carbocycles. The van der Waals surface area contributed by atoms with Gasteiger partial charge in [-0.15, -0.1) is 10.2 Å². The van der Waals surface area contributed by atoms with Crippen LogP contribution in [0.1, 0.15) is 34.1 Å². The van der Waals surface area contributed by atoms with Crippen molar-refractivity contribution in [1.29, 1.82) is 0 Å². The summed E-state index contributed by atoms with van der Waals surface area (Å²) >= 11 is 4.87. The predicted octanol–water partition coefficient (Wildman–Crippen LogP) is 5.13. The lowest BCUT2D eigenvalue weighted by Crippen LogP contribution is -2.39. The molecular formula is C20H17BrFN3OS. The number of benzene rings is 2. The van der Waals surface area contributed by atoms with Gasteiger partial charge in [-0.05, 0) is 53.0 Å². The zero-order valence-electron chi connectivity index (χ0n) is 14.4. The van der Waals surface area contributed by atoms with Crippen molar-refractivity contribution in [2.24, 2.45) is 0 Å². The maximum Gasteiger partial charge on any atom is 0.255 e. The third kappa shape index (κ3) is 3.80.